The van der Waals surface area contributed by atoms with E-state index in [0.29, 0.717) is 23.5 Å². The Balaban J connectivity index is 2.38. The fraction of sp³-hybridized carbons (Fsp3) is 0.300. The Morgan fingerprint density at radius 2 is 2.23 bits per heavy atom. The zero-order valence-electron chi connectivity index (χ0n) is 7.11. The van der Waals surface area contributed by atoms with E-state index >= 15 is 0 Å². The Morgan fingerprint density at radius 1 is 1.46 bits per heavy atom. The highest BCUT2D eigenvalue weighted by molar-refractivity contribution is 5.68. The molecule has 0 saturated heterocycles. The molecule has 0 spiro atoms. The van der Waals surface area contributed by atoms with Gasteiger partial charge >= 0.3 is 0 Å². The molecular formula is C10H10FNO. The van der Waals surface area contributed by atoms with Crippen molar-refractivity contribution in [3.05, 3.63) is 29.8 Å². The van der Waals surface area contributed by atoms with Crippen LogP contribution in [-0.2, 0) is 11.2 Å². The number of aryl methyl sites for hydroxylation is 1. The lowest BCUT2D eigenvalue weighted by atomic mass is 9.99. The largest absolute Gasteiger partial charge is 0.301 e. The van der Waals surface area contributed by atoms with Crippen molar-refractivity contribution in [2.24, 2.45) is 0 Å². The van der Waals surface area contributed by atoms with Crippen molar-refractivity contribution in [2.75, 3.05) is 5.12 Å². The van der Waals surface area contributed by atoms with E-state index in [-0.39, 0.29) is 0 Å². The Bertz CT molecular complexity index is 326. The smallest absolute Gasteiger partial charge is 0.145 e. The van der Waals surface area contributed by atoms with E-state index in [9.17, 15) is 9.28 Å². The van der Waals surface area contributed by atoms with Gasteiger partial charge in [-0.1, -0.05) is 22.7 Å². The second-order valence-corrected chi connectivity index (χ2v) is 3.18. The molecule has 0 aromatic heterocycles. The Kier molecular flexibility index (Phi) is 2.00. The first-order chi connectivity index (χ1) is 6.33. The minimum Gasteiger partial charge on any atom is -0.301 e. The second-order valence-electron chi connectivity index (χ2n) is 3.18. The third-order valence-corrected chi connectivity index (χ3v) is 2.38. The van der Waals surface area contributed by atoms with Crippen LogP contribution in [0.5, 0.6) is 0 Å². The topological polar surface area (TPSA) is 20.3 Å². The number of hydrogen-bond donors (Lipinski definition) is 0. The van der Waals surface area contributed by atoms with Gasteiger partial charge in [0.2, 0.25) is 0 Å². The van der Waals surface area contributed by atoms with E-state index in [1.807, 2.05) is 12.1 Å². The maximum atomic E-state index is 13.4. The quantitative estimate of drug-likeness (QED) is 0.484. The lowest BCUT2D eigenvalue weighted by Gasteiger charge is -2.27. The van der Waals surface area contributed by atoms with E-state index in [2.05, 4.69) is 0 Å². The summed E-state index contributed by atoms with van der Waals surface area (Å²) in [6.45, 7) is 0. The van der Waals surface area contributed by atoms with Crippen LogP contribution in [0.4, 0.5) is 10.2 Å². The number of carbonyl (C=O) groups is 1. The Morgan fingerprint density at radius 3 is 3.00 bits per heavy atom. The standard InChI is InChI=1S/C10H10FNO/c11-12-9(7-13)6-5-8-3-1-2-4-10(8)12/h1-4,7,9H,5-6H2. The van der Waals surface area contributed by atoms with Gasteiger partial charge in [-0.25, -0.2) is 5.12 Å². The van der Waals surface area contributed by atoms with Crippen molar-refractivity contribution in [3.8, 4) is 0 Å². The zero-order chi connectivity index (χ0) is 9.26. The van der Waals surface area contributed by atoms with Crippen molar-refractivity contribution >= 4 is 12.0 Å². The third-order valence-electron chi connectivity index (χ3n) is 2.38. The summed E-state index contributed by atoms with van der Waals surface area (Å²) in [5.74, 6) is 0. The molecule has 0 bridgehead atoms. The molecule has 68 valence electrons. The molecule has 0 saturated carbocycles. The minimum absolute atomic E-state index is 0.533. The summed E-state index contributed by atoms with van der Waals surface area (Å²) in [6.07, 6.45) is 2.01. The van der Waals surface area contributed by atoms with Crippen molar-refractivity contribution in [2.45, 2.75) is 18.9 Å². The van der Waals surface area contributed by atoms with Crippen LogP contribution in [0.25, 0.3) is 0 Å². The van der Waals surface area contributed by atoms with Crippen LogP contribution in [-0.4, -0.2) is 12.3 Å². The number of anilines is 1. The normalized spacial score (nSPS) is 21.0. The van der Waals surface area contributed by atoms with E-state index in [4.69, 9.17) is 0 Å². The number of rotatable bonds is 1. The molecular weight excluding hydrogens is 169 g/mol. The highest BCUT2D eigenvalue weighted by Gasteiger charge is 2.25. The van der Waals surface area contributed by atoms with Gasteiger partial charge in [0.25, 0.3) is 0 Å². The molecule has 2 nitrogen and oxygen atoms in total. The van der Waals surface area contributed by atoms with E-state index in [1.54, 1.807) is 12.1 Å². The molecule has 1 aliphatic rings. The second kappa shape index (κ2) is 3.17. The van der Waals surface area contributed by atoms with Gasteiger partial charge in [0.05, 0.1) is 5.69 Å². The highest BCUT2D eigenvalue weighted by Crippen LogP contribution is 2.29. The molecule has 1 aliphatic heterocycles. The predicted molar refractivity (Wildman–Crippen MR) is 48.2 cm³/mol. The van der Waals surface area contributed by atoms with Crippen LogP contribution in [0.15, 0.2) is 24.3 Å². The van der Waals surface area contributed by atoms with Gasteiger partial charge in [-0.2, -0.15) is 0 Å². The van der Waals surface area contributed by atoms with E-state index in [1.165, 1.54) is 0 Å². The van der Waals surface area contributed by atoms with E-state index < -0.39 is 6.04 Å². The molecule has 0 amide bonds. The van der Waals surface area contributed by atoms with Gasteiger partial charge in [0, 0.05) is 0 Å². The number of carbonyl (C=O) groups excluding carboxylic acids is 1. The van der Waals surface area contributed by atoms with Gasteiger partial charge in [0.1, 0.15) is 12.3 Å². The van der Waals surface area contributed by atoms with Crippen molar-refractivity contribution in [1.29, 1.82) is 0 Å². The summed E-state index contributed by atoms with van der Waals surface area (Å²) in [7, 11) is 0. The van der Waals surface area contributed by atoms with E-state index in [0.717, 1.165) is 12.0 Å². The molecule has 0 fully saturated rings. The van der Waals surface area contributed by atoms with Gasteiger partial charge in [-0.05, 0) is 24.5 Å². The summed E-state index contributed by atoms with van der Waals surface area (Å²) < 4.78 is 13.4. The van der Waals surface area contributed by atoms with Crippen LogP contribution in [0.1, 0.15) is 12.0 Å². The molecule has 0 N–H and O–H groups in total. The van der Waals surface area contributed by atoms with Gasteiger partial charge < -0.3 is 4.79 Å². The summed E-state index contributed by atoms with van der Waals surface area (Å²) in [5, 5.41) is 0.561. The molecule has 1 unspecified atom stereocenters. The average molecular weight is 179 g/mol. The highest BCUT2D eigenvalue weighted by atomic mass is 19.2. The van der Waals surface area contributed by atoms with Gasteiger partial charge in [-0.3, -0.25) is 0 Å². The number of aldehydes is 1. The first-order valence-corrected chi connectivity index (χ1v) is 4.31. The lowest BCUT2D eigenvalue weighted by molar-refractivity contribution is -0.109. The summed E-state index contributed by atoms with van der Waals surface area (Å²) in [6, 6.07) is 6.65. The van der Waals surface area contributed by atoms with Crippen LogP contribution < -0.4 is 5.12 Å². The average Bonchev–Trinajstić information content (AvgIpc) is 2.19. The number of fused-ring (bicyclic) bond motifs is 1. The minimum atomic E-state index is -0.602. The zero-order valence-corrected chi connectivity index (χ0v) is 7.11. The third kappa shape index (κ3) is 1.30. The fourth-order valence-electron chi connectivity index (χ4n) is 1.65. The molecule has 1 aromatic carbocycles. The number of para-hydroxylation sites is 1. The summed E-state index contributed by atoms with van der Waals surface area (Å²) in [4.78, 5) is 10.5. The van der Waals surface area contributed by atoms with Gasteiger partial charge in [0.15, 0.2) is 0 Å². The number of halogens is 1. The number of nitrogens with zero attached hydrogens (tertiary/aromatic N) is 1. The number of benzene rings is 1. The first kappa shape index (κ1) is 8.23. The summed E-state index contributed by atoms with van der Waals surface area (Å²) in [5.41, 5.74) is 1.51. The summed E-state index contributed by atoms with van der Waals surface area (Å²) >= 11 is 0. The monoisotopic (exact) mass is 179 g/mol. The maximum absolute atomic E-state index is 13.4. The van der Waals surface area contributed by atoms with Crippen LogP contribution >= 0.6 is 0 Å². The van der Waals surface area contributed by atoms with Crippen LogP contribution in [0, 0.1) is 0 Å². The molecule has 0 radical (unpaired) electrons. The maximum Gasteiger partial charge on any atom is 0.145 e. The Hall–Kier alpha value is -1.38. The predicted octanol–water partition coefficient (Wildman–Crippen LogP) is 1.89. The lowest BCUT2D eigenvalue weighted by Crippen LogP contribution is -2.33. The molecule has 13 heavy (non-hydrogen) atoms. The van der Waals surface area contributed by atoms with Gasteiger partial charge in [-0.15, -0.1) is 0 Å². The Labute approximate surface area is 75.9 Å². The van der Waals surface area contributed by atoms with Crippen LogP contribution in [0.3, 0.4) is 0 Å². The fourth-order valence-corrected chi connectivity index (χ4v) is 1.65. The molecule has 0 aliphatic carbocycles. The van der Waals surface area contributed by atoms with Crippen molar-refractivity contribution < 1.29 is 9.28 Å². The first-order valence-electron chi connectivity index (χ1n) is 4.31. The molecule has 1 heterocycles. The molecule has 1 aromatic rings. The molecule has 2 rings (SSSR count). The van der Waals surface area contributed by atoms with Crippen molar-refractivity contribution in [3.63, 3.8) is 0 Å². The molecule has 3 heteroatoms. The van der Waals surface area contributed by atoms with Crippen LogP contribution in [0.2, 0.25) is 0 Å². The molecule has 1 atom stereocenters. The van der Waals surface area contributed by atoms with Crippen molar-refractivity contribution in [1.82, 2.24) is 0 Å². The number of hydrogen-bond acceptors (Lipinski definition) is 2. The SMILES string of the molecule is O=CC1CCc2ccccc2N1F.